The van der Waals surface area contributed by atoms with Gasteiger partial charge in [-0.1, -0.05) is 12.1 Å². The molecule has 0 spiro atoms. The van der Waals surface area contributed by atoms with Crippen molar-refractivity contribution < 1.29 is 17.9 Å². The predicted molar refractivity (Wildman–Crippen MR) is 82.8 cm³/mol. The number of anilines is 1. The lowest BCUT2D eigenvalue weighted by Crippen LogP contribution is -2.36. The van der Waals surface area contributed by atoms with E-state index in [9.17, 15) is 13.2 Å². The second-order valence-electron chi connectivity index (χ2n) is 4.65. The maximum atomic E-state index is 11.8. The minimum Gasteiger partial charge on any atom is -0.446 e. The fraction of sp³-hybridized carbons (Fsp3) is 0.462. The molecule has 0 aliphatic rings. The summed E-state index contributed by atoms with van der Waals surface area (Å²) in [5.74, 6) is 0.540. The minimum absolute atomic E-state index is 0.368. The first-order valence-corrected chi connectivity index (χ1v) is 8.50. The van der Waals surface area contributed by atoms with Crippen LogP contribution in [0.2, 0.25) is 0 Å². The Bertz CT molecular complexity index is 575. The van der Waals surface area contributed by atoms with Gasteiger partial charge in [0.2, 0.25) is 0 Å². The summed E-state index contributed by atoms with van der Waals surface area (Å²) < 4.78 is 32.3. The van der Waals surface area contributed by atoms with Crippen LogP contribution in [0.1, 0.15) is 25.8 Å². The number of carbonyl (C=O) groups excluding carboxylic acids is 1. The van der Waals surface area contributed by atoms with Crippen molar-refractivity contribution in [2.24, 2.45) is 0 Å². The Kier molecular flexibility index (Phi) is 6.77. The van der Waals surface area contributed by atoms with Gasteiger partial charge in [-0.15, -0.1) is 11.6 Å². The molecule has 1 aromatic rings. The lowest BCUT2D eigenvalue weighted by atomic mass is 10.1. The number of alkyl halides is 1. The largest absolute Gasteiger partial charge is 0.446 e. The van der Waals surface area contributed by atoms with Crippen LogP contribution in [0.3, 0.4) is 0 Å². The highest BCUT2D eigenvalue weighted by Gasteiger charge is 2.16. The first kappa shape index (κ1) is 17.6. The summed E-state index contributed by atoms with van der Waals surface area (Å²) >= 11 is 5.62. The van der Waals surface area contributed by atoms with Gasteiger partial charge in [0, 0.05) is 5.88 Å². The summed E-state index contributed by atoms with van der Waals surface area (Å²) in [6.45, 7) is 3.25. The second-order valence-corrected chi connectivity index (χ2v) is 6.45. The fourth-order valence-electron chi connectivity index (χ4n) is 1.59. The molecule has 0 heterocycles. The highest BCUT2D eigenvalue weighted by Crippen LogP contribution is 2.13. The van der Waals surface area contributed by atoms with Crippen molar-refractivity contribution in [3.8, 4) is 0 Å². The van der Waals surface area contributed by atoms with E-state index in [0.717, 1.165) is 18.4 Å². The molecule has 0 saturated heterocycles. The summed E-state index contributed by atoms with van der Waals surface area (Å²) in [4.78, 5) is 11.3. The number of rotatable bonds is 7. The van der Waals surface area contributed by atoms with Crippen LogP contribution in [0.25, 0.3) is 0 Å². The molecule has 1 amide bonds. The average molecular weight is 335 g/mol. The highest BCUT2D eigenvalue weighted by molar-refractivity contribution is 7.91. The minimum atomic E-state index is -4.02. The summed E-state index contributed by atoms with van der Waals surface area (Å²) in [6, 6.07) is 6.90. The third kappa shape index (κ3) is 7.19. The normalized spacial score (nSPS) is 11.2. The number of ether oxygens (including phenoxy) is 1. The van der Waals surface area contributed by atoms with Gasteiger partial charge in [0.05, 0.1) is 11.8 Å². The van der Waals surface area contributed by atoms with E-state index in [2.05, 4.69) is 4.72 Å². The first-order chi connectivity index (χ1) is 9.82. The van der Waals surface area contributed by atoms with E-state index in [-0.39, 0.29) is 0 Å². The van der Waals surface area contributed by atoms with Crippen LogP contribution < -0.4 is 9.44 Å². The van der Waals surface area contributed by atoms with E-state index in [1.165, 1.54) is 0 Å². The van der Waals surface area contributed by atoms with E-state index < -0.39 is 22.4 Å². The molecular formula is C13H19ClN2O4S. The van der Waals surface area contributed by atoms with Crippen molar-refractivity contribution in [1.29, 1.82) is 0 Å². The Morgan fingerprint density at radius 1 is 1.38 bits per heavy atom. The Morgan fingerprint density at radius 3 is 2.71 bits per heavy atom. The van der Waals surface area contributed by atoms with Crippen molar-refractivity contribution in [2.45, 2.75) is 32.8 Å². The van der Waals surface area contributed by atoms with Gasteiger partial charge in [-0.05, 0) is 44.4 Å². The first-order valence-electron chi connectivity index (χ1n) is 6.48. The topological polar surface area (TPSA) is 84.5 Å². The van der Waals surface area contributed by atoms with E-state index >= 15 is 0 Å². The van der Waals surface area contributed by atoms with Crippen molar-refractivity contribution in [2.75, 3.05) is 10.6 Å². The molecule has 0 aromatic heterocycles. The molecule has 0 unspecified atom stereocenters. The second kappa shape index (κ2) is 8.09. The van der Waals surface area contributed by atoms with Crippen molar-refractivity contribution in [3.63, 3.8) is 0 Å². The molecule has 21 heavy (non-hydrogen) atoms. The Morgan fingerprint density at radius 2 is 2.10 bits per heavy atom. The number of hydrogen-bond donors (Lipinski definition) is 2. The Balaban J connectivity index is 2.68. The molecule has 8 heteroatoms. The third-order valence-electron chi connectivity index (χ3n) is 2.34. The zero-order valence-corrected chi connectivity index (χ0v) is 13.5. The van der Waals surface area contributed by atoms with Crippen LogP contribution in [-0.2, 0) is 21.4 Å². The molecule has 1 rings (SSSR count). The fourth-order valence-corrected chi connectivity index (χ4v) is 2.48. The molecule has 0 bridgehead atoms. The monoisotopic (exact) mass is 334 g/mol. The number of halogens is 1. The average Bonchev–Trinajstić information content (AvgIpc) is 2.34. The van der Waals surface area contributed by atoms with Gasteiger partial charge in [0.15, 0.2) is 0 Å². The molecule has 0 radical (unpaired) electrons. The number of benzene rings is 1. The lowest BCUT2D eigenvalue weighted by molar-refractivity contribution is 0.121. The zero-order chi connectivity index (χ0) is 15.9. The molecular weight excluding hydrogens is 316 g/mol. The smallest absolute Gasteiger partial charge is 0.422 e. The quantitative estimate of drug-likeness (QED) is 0.751. The predicted octanol–water partition coefficient (Wildman–Crippen LogP) is 2.65. The molecule has 6 nitrogen and oxygen atoms in total. The summed E-state index contributed by atoms with van der Waals surface area (Å²) in [5.41, 5.74) is 1.33. The van der Waals surface area contributed by atoms with Gasteiger partial charge in [0.25, 0.3) is 0 Å². The number of hydrogen-bond acceptors (Lipinski definition) is 4. The van der Waals surface area contributed by atoms with Crippen LogP contribution in [0.15, 0.2) is 24.3 Å². The Labute approximate surface area is 130 Å². The van der Waals surface area contributed by atoms with Crippen LogP contribution in [-0.4, -0.2) is 26.5 Å². The van der Waals surface area contributed by atoms with E-state index in [0.29, 0.717) is 11.6 Å². The molecule has 118 valence electrons. The van der Waals surface area contributed by atoms with Crippen molar-refractivity contribution in [3.05, 3.63) is 29.8 Å². The van der Waals surface area contributed by atoms with Crippen LogP contribution in [0.5, 0.6) is 0 Å². The van der Waals surface area contributed by atoms with Gasteiger partial charge < -0.3 is 4.74 Å². The van der Waals surface area contributed by atoms with Crippen molar-refractivity contribution in [1.82, 2.24) is 4.72 Å². The number of aryl methyl sites for hydroxylation is 1. The zero-order valence-electron chi connectivity index (χ0n) is 11.9. The van der Waals surface area contributed by atoms with Crippen LogP contribution in [0.4, 0.5) is 10.5 Å². The summed E-state index contributed by atoms with van der Waals surface area (Å²) in [5, 5.41) is 0. The third-order valence-corrected chi connectivity index (χ3v) is 3.55. The SMILES string of the molecule is CC(C)OC(=O)NS(=O)(=O)Nc1cccc(CCCCl)c1. The molecule has 0 saturated carbocycles. The van der Waals surface area contributed by atoms with E-state index in [1.54, 1.807) is 36.8 Å². The van der Waals surface area contributed by atoms with Gasteiger partial charge in [-0.2, -0.15) is 8.42 Å². The molecule has 2 N–H and O–H groups in total. The van der Waals surface area contributed by atoms with Crippen LogP contribution >= 0.6 is 11.6 Å². The van der Waals surface area contributed by atoms with Gasteiger partial charge >= 0.3 is 16.3 Å². The van der Waals surface area contributed by atoms with Crippen LogP contribution in [0, 0.1) is 0 Å². The van der Waals surface area contributed by atoms with Gasteiger partial charge in [-0.3, -0.25) is 4.72 Å². The van der Waals surface area contributed by atoms with Gasteiger partial charge in [-0.25, -0.2) is 9.52 Å². The molecule has 0 aliphatic carbocycles. The lowest BCUT2D eigenvalue weighted by Gasteiger charge is -2.12. The summed E-state index contributed by atoms with van der Waals surface area (Å²) in [7, 11) is -4.02. The standard InChI is InChI=1S/C13H19ClN2O4S/c1-10(2)20-13(17)16-21(18,19)15-12-7-3-5-11(9-12)6-4-8-14/h3,5,7,9-10,15H,4,6,8H2,1-2H3,(H,16,17). The number of amides is 1. The highest BCUT2D eigenvalue weighted by atomic mass is 35.5. The Hall–Kier alpha value is -1.47. The van der Waals surface area contributed by atoms with E-state index in [1.807, 2.05) is 6.07 Å². The maximum Gasteiger partial charge on any atom is 0.422 e. The molecule has 0 fully saturated rings. The number of nitrogens with one attached hydrogen (secondary N) is 2. The van der Waals surface area contributed by atoms with Gasteiger partial charge in [0.1, 0.15) is 0 Å². The summed E-state index contributed by atoms with van der Waals surface area (Å²) in [6.07, 6.45) is 0.133. The van der Waals surface area contributed by atoms with Crippen molar-refractivity contribution >= 4 is 33.6 Å². The molecule has 0 aliphatic heterocycles. The van der Waals surface area contributed by atoms with E-state index in [4.69, 9.17) is 16.3 Å². The molecule has 0 atom stereocenters. The number of carbonyl (C=O) groups is 1. The maximum absolute atomic E-state index is 11.8. The molecule has 1 aromatic carbocycles.